The molecule has 0 unspecified atom stereocenters. The van der Waals surface area contributed by atoms with Crippen LogP contribution in [-0.2, 0) is 20.5 Å². The lowest BCUT2D eigenvalue weighted by Crippen LogP contribution is -2.37. The summed E-state index contributed by atoms with van der Waals surface area (Å²) < 4.78 is 42.3. The lowest BCUT2D eigenvalue weighted by atomic mass is 10.2. The van der Waals surface area contributed by atoms with E-state index in [0.717, 1.165) is 12.1 Å². The average Bonchev–Trinajstić information content (AvgIpc) is 2.40. The van der Waals surface area contributed by atoms with Crippen molar-refractivity contribution in [3.05, 3.63) is 28.8 Å². The van der Waals surface area contributed by atoms with Crippen molar-refractivity contribution in [2.75, 3.05) is 25.6 Å². The Balaban J connectivity index is 2.78. The molecule has 1 aromatic rings. The van der Waals surface area contributed by atoms with Crippen LogP contribution in [0, 0.1) is 0 Å². The van der Waals surface area contributed by atoms with Crippen LogP contribution >= 0.6 is 11.6 Å². The minimum absolute atomic E-state index is 0.0963. The number of rotatable bonds is 4. The van der Waals surface area contributed by atoms with Gasteiger partial charge in [0.25, 0.3) is 0 Å². The maximum absolute atomic E-state index is 12.6. The number of nitrogens with one attached hydrogen (secondary N) is 2. The fourth-order valence-electron chi connectivity index (χ4n) is 1.32. The number of hydrogen-bond acceptors (Lipinski definition) is 3. The molecule has 0 aliphatic carbocycles. The molecule has 0 fully saturated rings. The van der Waals surface area contributed by atoms with Crippen molar-refractivity contribution in [2.24, 2.45) is 0 Å². The Hall–Kier alpha value is -1.80. The van der Waals surface area contributed by atoms with Crippen LogP contribution in [0.4, 0.5) is 18.9 Å². The first-order valence-electron chi connectivity index (χ1n) is 5.70. The lowest BCUT2D eigenvalue weighted by molar-refractivity contribution is -0.137. The van der Waals surface area contributed by atoms with Crippen LogP contribution in [-0.4, -0.2) is 32.1 Å². The summed E-state index contributed by atoms with van der Waals surface area (Å²) in [6, 6.07) is 2.42. The van der Waals surface area contributed by atoms with E-state index in [9.17, 15) is 22.8 Å². The Morgan fingerprint density at radius 2 is 1.95 bits per heavy atom. The van der Waals surface area contributed by atoms with Gasteiger partial charge in [0.15, 0.2) is 0 Å². The summed E-state index contributed by atoms with van der Waals surface area (Å²) in [6.07, 6.45) is -4.58. The van der Waals surface area contributed by atoms with Gasteiger partial charge in [0, 0.05) is 13.7 Å². The molecule has 116 valence electrons. The summed E-state index contributed by atoms with van der Waals surface area (Å²) in [6.45, 7) is 0.294. The molecule has 1 aromatic carbocycles. The highest BCUT2D eigenvalue weighted by Crippen LogP contribution is 2.33. The van der Waals surface area contributed by atoms with Crippen molar-refractivity contribution >= 4 is 29.1 Å². The van der Waals surface area contributed by atoms with Gasteiger partial charge in [0.2, 0.25) is 0 Å². The number of carbonyl (C=O) groups excluding carboxylic acids is 2. The largest absolute Gasteiger partial charge is 0.416 e. The Bertz CT molecular complexity index is 535. The predicted octanol–water partition coefficient (Wildman–Crippen LogP) is 2.06. The van der Waals surface area contributed by atoms with Crippen molar-refractivity contribution < 1.29 is 27.5 Å². The van der Waals surface area contributed by atoms with Gasteiger partial charge in [-0.3, -0.25) is 9.59 Å². The Labute approximate surface area is 123 Å². The average molecular weight is 325 g/mol. The van der Waals surface area contributed by atoms with E-state index in [-0.39, 0.29) is 23.9 Å². The van der Waals surface area contributed by atoms with E-state index in [0.29, 0.717) is 6.07 Å². The molecule has 21 heavy (non-hydrogen) atoms. The smallest absolute Gasteiger partial charge is 0.383 e. The normalized spacial score (nSPS) is 11.1. The van der Waals surface area contributed by atoms with E-state index in [2.05, 4.69) is 10.1 Å². The summed E-state index contributed by atoms with van der Waals surface area (Å²) in [7, 11) is 1.41. The molecule has 0 aliphatic rings. The summed E-state index contributed by atoms with van der Waals surface area (Å²) in [5.41, 5.74) is -1.28. The molecule has 5 nitrogen and oxygen atoms in total. The SMILES string of the molecule is COCCNC(=O)C(=O)Nc1cc(C(F)(F)F)ccc1Cl. The zero-order valence-electron chi connectivity index (χ0n) is 10.9. The van der Waals surface area contributed by atoms with Crippen LogP contribution in [0.3, 0.4) is 0 Å². The van der Waals surface area contributed by atoms with Gasteiger partial charge in [-0.1, -0.05) is 11.6 Å². The second-order valence-corrected chi connectivity index (χ2v) is 4.30. The Kier molecular flexibility index (Phi) is 5.98. The van der Waals surface area contributed by atoms with Crippen molar-refractivity contribution in [1.29, 1.82) is 0 Å². The van der Waals surface area contributed by atoms with Crippen molar-refractivity contribution in [3.8, 4) is 0 Å². The molecule has 2 amide bonds. The van der Waals surface area contributed by atoms with Crippen molar-refractivity contribution in [2.45, 2.75) is 6.18 Å². The van der Waals surface area contributed by atoms with E-state index in [4.69, 9.17) is 11.6 Å². The highest BCUT2D eigenvalue weighted by atomic mass is 35.5. The molecule has 0 spiro atoms. The van der Waals surface area contributed by atoms with Gasteiger partial charge in [-0.25, -0.2) is 0 Å². The number of halogens is 4. The first-order valence-corrected chi connectivity index (χ1v) is 6.08. The molecule has 0 aromatic heterocycles. The number of hydrogen-bond donors (Lipinski definition) is 2. The molecule has 0 bridgehead atoms. The van der Waals surface area contributed by atoms with Crippen LogP contribution in [0.1, 0.15) is 5.56 Å². The summed E-state index contributed by atoms with van der Waals surface area (Å²) in [5.74, 6) is -2.12. The number of alkyl halides is 3. The maximum atomic E-state index is 12.6. The number of carbonyl (C=O) groups is 2. The molecule has 0 saturated carbocycles. The zero-order chi connectivity index (χ0) is 16.0. The van der Waals surface area contributed by atoms with Gasteiger partial charge in [0.05, 0.1) is 22.9 Å². The molecule has 9 heteroatoms. The summed E-state index contributed by atoms with van der Waals surface area (Å²) in [4.78, 5) is 22.9. The number of ether oxygens (including phenoxy) is 1. The molecule has 0 atom stereocenters. The quantitative estimate of drug-likeness (QED) is 0.658. The van der Waals surface area contributed by atoms with E-state index >= 15 is 0 Å². The number of amides is 2. The van der Waals surface area contributed by atoms with E-state index < -0.39 is 23.6 Å². The van der Waals surface area contributed by atoms with Crippen molar-refractivity contribution in [3.63, 3.8) is 0 Å². The Morgan fingerprint density at radius 1 is 1.29 bits per heavy atom. The van der Waals surface area contributed by atoms with Crippen LogP contribution < -0.4 is 10.6 Å². The van der Waals surface area contributed by atoms with E-state index in [1.807, 2.05) is 5.32 Å². The first-order chi connectivity index (χ1) is 9.75. The highest BCUT2D eigenvalue weighted by Gasteiger charge is 2.31. The van der Waals surface area contributed by atoms with Gasteiger partial charge in [0.1, 0.15) is 0 Å². The van der Waals surface area contributed by atoms with Gasteiger partial charge in [-0.05, 0) is 18.2 Å². The molecule has 0 radical (unpaired) electrons. The molecule has 0 aliphatic heterocycles. The summed E-state index contributed by atoms with van der Waals surface area (Å²) in [5, 5.41) is 4.14. The third-order valence-electron chi connectivity index (χ3n) is 2.34. The van der Waals surface area contributed by atoms with Crippen LogP contribution in [0.2, 0.25) is 5.02 Å². The third-order valence-corrected chi connectivity index (χ3v) is 2.67. The van der Waals surface area contributed by atoms with Crippen LogP contribution in [0.5, 0.6) is 0 Å². The van der Waals surface area contributed by atoms with Crippen molar-refractivity contribution in [1.82, 2.24) is 5.32 Å². The third kappa shape index (κ3) is 5.24. The molecular formula is C12H12ClF3N2O3. The second kappa shape index (κ2) is 7.28. The molecule has 2 N–H and O–H groups in total. The van der Waals surface area contributed by atoms with Crippen LogP contribution in [0.15, 0.2) is 18.2 Å². The lowest BCUT2D eigenvalue weighted by Gasteiger charge is -2.11. The maximum Gasteiger partial charge on any atom is 0.416 e. The van der Waals surface area contributed by atoms with Gasteiger partial charge in [-0.15, -0.1) is 0 Å². The number of benzene rings is 1. The second-order valence-electron chi connectivity index (χ2n) is 3.90. The minimum atomic E-state index is -4.58. The monoisotopic (exact) mass is 324 g/mol. The number of methoxy groups -OCH3 is 1. The van der Waals surface area contributed by atoms with Gasteiger partial charge in [-0.2, -0.15) is 13.2 Å². The highest BCUT2D eigenvalue weighted by molar-refractivity contribution is 6.41. The first kappa shape index (κ1) is 17.3. The fraction of sp³-hybridized carbons (Fsp3) is 0.333. The molecule has 0 saturated heterocycles. The topological polar surface area (TPSA) is 67.4 Å². The van der Waals surface area contributed by atoms with Gasteiger partial charge >= 0.3 is 18.0 Å². The van der Waals surface area contributed by atoms with Crippen LogP contribution in [0.25, 0.3) is 0 Å². The fourth-order valence-corrected chi connectivity index (χ4v) is 1.49. The molecule has 0 heterocycles. The van der Waals surface area contributed by atoms with E-state index in [1.165, 1.54) is 7.11 Å². The molecule has 1 rings (SSSR count). The molecular weight excluding hydrogens is 313 g/mol. The minimum Gasteiger partial charge on any atom is -0.383 e. The Morgan fingerprint density at radius 3 is 2.52 bits per heavy atom. The zero-order valence-corrected chi connectivity index (χ0v) is 11.6. The standard InChI is InChI=1S/C12H12ClF3N2O3/c1-21-5-4-17-10(19)11(20)18-9-6-7(12(14,15)16)2-3-8(9)13/h2-3,6H,4-5H2,1H3,(H,17,19)(H,18,20). The summed E-state index contributed by atoms with van der Waals surface area (Å²) >= 11 is 5.69. The number of anilines is 1. The van der Waals surface area contributed by atoms with E-state index in [1.54, 1.807) is 0 Å². The predicted molar refractivity (Wildman–Crippen MR) is 70.0 cm³/mol. The van der Waals surface area contributed by atoms with Gasteiger partial charge < -0.3 is 15.4 Å².